The molecule has 2 aliphatic rings. The number of hydrogen-bond acceptors (Lipinski definition) is 5. The van der Waals surface area contributed by atoms with Crippen LogP contribution >= 0.6 is 11.3 Å². The minimum Gasteiger partial charge on any atom is -0.493 e. The molecule has 0 aliphatic carbocycles. The number of likely N-dealkylation sites (tertiary alicyclic amines) is 1. The zero-order valence-corrected chi connectivity index (χ0v) is 17.7. The molecule has 0 saturated carbocycles. The maximum atomic E-state index is 12.9. The summed E-state index contributed by atoms with van der Waals surface area (Å²) in [5, 5.41) is 4.50. The first-order valence-corrected chi connectivity index (χ1v) is 11.4. The number of nitrogens with zero attached hydrogens (tertiary/aromatic N) is 3. The van der Waals surface area contributed by atoms with E-state index in [-0.39, 0.29) is 5.56 Å². The van der Waals surface area contributed by atoms with Gasteiger partial charge in [-0.2, -0.15) is 0 Å². The van der Waals surface area contributed by atoms with Gasteiger partial charge in [0.25, 0.3) is 5.56 Å². The molecule has 6 rings (SSSR count). The van der Waals surface area contributed by atoms with E-state index in [9.17, 15) is 4.79 Å². The first-order valence-electron chi connectivity index (χ1n) is 10.5. The summed E-state index contributed by atoms with van der Waals surface area (Å²) in [5.41, 5.74) is 3.14. The van der Waals surface area contributed by atoms with Gasteiger partial charge >= 0.3 is 0 Å². The largest absolute Gasteiger partial charge is 0.493 e. The van der Waals surface area contributed by atoms with Crippen LogP contribution in [0.15, 0.2) is 52.8 Å². The number of hydrogen-bond donors (Lipinski definition) is 0. The van der Waals surface area contributed by atoms with Crippen molar-refractivity contribution in [2.75, 3.05) is 26.2 Å². The Morgan fingerprint density at radius 1 is 1.20 bits per heavy atom. The predicted octanol–water partition coefficient (Wildman–Crippen LogP) is 3.87. The summed E-state index contributed by atoms with van der Waals surface area (Å²) in [4.78, 5) is 20.8. The minimum atomic E-state index is 0.0787. The van der Waals surface area contributed by atoms with Gasteiger partial charge in [0, 0.05) is 59.9 Å². The van der Waals surface area contributed by atoms with Crippen molar-refractivity contribution in [3.8, 4) is 5.75 Å². The minimum absolute atomic E-state index is 0.0787. The van der Waals surface area contributed by atoms with E-state index in [2.05, 4.69) is 46.3 Å². The molecule has 2 aliphatic heterocycles. The molecular weight excluding hydrogens is 394 g/mol. The molecular formula is C24H23N3O2S. The van der Waals surface area contributed by atoms with Gasteiger partial charge in [-0.05, 0) is 30.2 Å². The third-order valence-electron chi connectivity index (χ3n) is 6.72. The van der Waals surface area contributed by atoms with E-state index in [0.29, 0.717) is 11.8 Å². The van der Waals surface area contributed by atoms with Crippen molar-refractivity contribution in [3.63, 3.8) is 0 Å². The molecule has 5 nitrogen and oxygen atoms in total. The third-order valence-corrected chi connectivity index (χ3v) is 7.47. The summed E-state index contributed by atoms with van der Waals surface area (Å²) < 4.78 is 7.82. The van der Waals surface area contributed by atoms with Crippen LogP contribution in [0.2, 0.25) is 0 Å². The van der Waals surface area contributed by atoms with Gasteiger partial charge in [0.05, 0.1) is 6.61 Å². The molecule has 2 aromatic carbocycles. The van der Waals surface area contributed by atoms with Gasteiger partial charge in [0.15, 0.2) is 4.96 Å². The van der Waals surface area contributed by atoms with Crippen LogP contribution in [0.3, 0.4) is 0 Å². The quantitative estimate of drug-likeness (QED) is 0.508. The van der Waals surface area contributed by atoms with Crippen molar-refractivity contribution in [1.29, 1.82) is 0 Å². The maximum Gasteiger partial charge on any atom is 0.261 e. The van der Waals surface area contributed by atoms with Crippen molar-refractivity contribution in [3.05, 3.63) is 75.1 Å². The Morgan fingerprint density at radius 2 is 2.10 bits per heavy atom. The van der Waals surface area contributed by atoms with E-state index in [1.165, 1.54) is 27.7 Å². The third kappa shape index (κ3) is 2.78. The monoisotopic (exact) mass is 417 g/mol. The van der Waals surface area contributed by atoms with Crippen molar-refractivity contribution < 1.29 is 4.74 Å². The van der Waals surface area contributed by atoms with Gasteiger partial charge in [-0.3, -0.25) is 9.20 Å². The highest BCUT2D eigenvalue weighted by Crippen LogP contribution is 2.45. The maximum absolute atomic E-state index is 12.9. The molecule has 0 N–H and O–H groups in total. The van der Waals surface area contributed by atoms with Crippen LogP contribution in [0.25, 0.3) is 15.7 Å². The predicted molar refractivity (Wildman–Crippen MR) is 120 cm³/mol. The molecule has 6 heteroatoms. The highest BCUT2D eigenvalue weighted by molar-refractivity contribution is 7.15. The van der Waals surface area contributed by atoms with E-state index in [1.54, 1.807) is 4.40 Å². The molecule has 2 atom stereocenters. The van der Waals surface area contributed by atoms with Crippen LogP contribution in [-0.4, -0.2) is 40.5 Å². The standard InChI is InChI=1S/C24H23N3O2S/c1-15-18(23(28)27-10-11-30-24(27)25-15)8-9-26-12-17-14-29-21-7-6-16-4-2-3-5-19(16)22(21)20(17)13-26/h2-7,10-11,17,20H,8-9,12-14H2,1H3/t17-,20+/m0/s1. The molecule has 4 aromatic rings. The van der Waals surface area contributed by atoms with E-state index >= 15 is 0 Å². The summed E-state index contributed by atoms with van der Waals surface area (Å²) in [7, 11) is 0. The lowest BCUT2D eigenvalue weighted by atomic mass is 9.84. The Morgan fingerprint density at radius 3 is 3.03 bits per heavy atom. The molecule has 0 amide bonds. The van der Waals surface area contributed by atoms with Gasteiger partial charge in [-0.15, -0.1) is 11.3 Å². The first-order chi connectivity index (χ1) is 14.7. The number of fused-ring (bicyclic) bond motifs is 6. The van der Waals surface area contributed by atoms with Crippen molar-refractivity contribution in [2.24, 2.45) is 5.92 Å². The Balaban J connectivity index is 1.27. The van der Waals surface area contributed by atoms with E-state index in [4.69, 9.17) is 4.74 Å². The summed E-state index contributed by atoms with van der Waals surface area (Å²) in [6.07, 6.45) is 2.56. The average Bonchev–Trinajstić information content (AvgIpc) is 3.39. The molecule has 152 valence electrons. The second-order valence-electron chi connectivity index (χ2n) is 8.42. The topological polar surface area (TPSA) is 46.8 Å². The summed E-state index contributed by atoms with van der Waals surface area (Å²) in [5.74, 6) is 2.03. The van der Waals surface area contributed by atoms with Crippen LogP contribution in [0.1, 0.15) is 22.7 Å². The fraction of sp³-hybridized carbons (Fsp3) is 0.333. The SMILES string of the molecule is Cc1nc2sccn2c(=O)c1CCN1C[C@H]2COc3ccc4ccccc4c3[C@@H]2C1. The van der Waals surface area contributed by atoms with Crippen LogP contribution in [0.4, 0.5) is 0 Å². The number of ether oxygens (including phenoxy) is 1. The number of benzene rings is 2. The van der Waals surface area contributed by atoms with Crippen molar-refractivity contribution in [1.82, 2.24) is 14.3 Å². The summed E-state index contributed by atoms with van der Waals surface area (Å²) >= 11 is 1.50. The highest BCUT2D eigenvalue weighted by Gasteiger charge is 2.39. The van der Waals surface area contributed by atoms with Gasteiger partial charge in [-0.25, -0.2) is 4.98 Å². The van der Waals surface area contributed by atoms with Crippen LogP contribution < -0.4 is 10.3 Å². The van der Waals surface area contributed by atoms with Crippen LogP contribution in [-0.2, 0) is 6.42 Å². The normalized spacial score (nSPS) is 21.0. The van der Waals surface area contributed by atoms with Gasteiger partial charge in [-0.1, -0.05) is 30.3 Å². The second-order valence-corrected chi connectivity index (χ2v) is 9.30. The lowest BCUT2D eigenvalue weighted by Crippen LogP contribution is -2.28. The fourth-order valence-electron chi connectivity index (χ4n) is 5.20. The van der Waals surface area contributed by atoms with Gasteiger partial charge < -0.3 is 9.64 Å². The number of aromatic nitrogens is 2. The smallest absolute Gasteiger partial charge is 0.261 e. The molecule has 4 heterocycles. The zero-order chi connectivity index (χ0) is 20.2. The molecule has 0 spiro atoms. The zero-order valence-electron chi connectivity index (χ0n) is 16.9. The number of thiazole rings is 1. The summed E-state index contributed by atoms with van der Waals surface area (Å²) in [6, 6.07) is 12.9. The van der Waals surface area contributed by atoms with Gasteiger partial charge in [0.1, 0.15) is 5.75 Å². The second kappa shape index (κ2) is 6.93. The molecule has 30 heavy (non-hydrogen) atoms. The molecule has 0 unspecified atom stereocenters. The lowest BCUT2D eigenvalue weighted by molar-refractivity contribution is 0.214. The fourth-order valence-corrected chi connectivity index (χ4v) is 5.95. The molecule has 1 saturated heterocycles. The Labute approximate surface area is 178 Å². The van der Waals surface area contributed by atoms with Crippen molar-refractivity contribution >= 4 is 27.1 Å². The molecule has 1 fully saturated rings. The summed E-state index contributed by atoms with van der Waals surface area (Å²) in [6.45, 7) is 5.64. The Bertz CT molecular complexity index is 1330. The van der Waals surface area contributed by atoms with Crippen molar-refractivity contribution in [2.45, 2.75) is 19.3 Å². The van der Waals surface area contributed by atoms with E-state index < -0.39 is 0 Å². The van der Waals surface area contributed by atoms with Crippen LogP contribution in [0.5, 0.6) is 5.75 Å². The number of rotatable bonds is 3. The van der Waals surface area contributed by atoms with Gasteiger partial charge in [0.2, 0.25) is 0 Å². The first kappa shape index (κ1) is 18.1. The van der Waals surface area contributed by atoms with E-state index in [1.807, 2.05) is 18.5 Å². The number of aryl methyl sites for hydroxylation is 1. The van der Waals surface area contributed by atoms with Crippen LogP contribution in [0, 0.1) is 12.8 Å². The Hall–Kier alpha value is -2.70. The molecule has 0 radical (unpaired) electrons. The molecule has 2 aromatic heterocycles. The average molecular weight is 418 g/mol. The Kier molecular flexibility index (Phi) is 4.18. The highest BCUT2D eigenvalue weighted by atomic mass is 32.1. The van der Waals surface area contributed by atoms with E-state index in [0.717, 1.165) is 54.6 Å². The molecule has 0 bridgehead atoms. The lowest BCUT2D eigenvalue weighted by Gasteiger charge is -2.29.